The lowest BCUT2D eigenvalue weighted by atomic mass is 10.1. The lowest BCUT2D eigenvalue weighted by molar-refractivity contribution is -0.122. The van der Waals surface area contributed by atoms with Crippen LogP contribution in [0.3, 0.4) is 0 Å². The molecule has 0 atom stereocenters. The summed E-state index contributed by atoms with van der Waals surface area (Å²) in [5.74, 6) is 0.0425. The third kappa shape index (κ3) is 5.07. The van der Waals surface area contributed by atoms with E-state index in [0.717, 1.165) is 18.5 Å². The molecule has 0 radical (unpaired) electrons. The van der Waals surface area contributed by atoms with Crippen LogP contribution >= 0.6 is 0 Å². The van der Waals surface area contributed by atoms with Crippen LogP contribution in [0.2, 0.25) is 0 Å². The smallest absolute Gasteiger partial charge is 0.321 e. The molecule has 2 heterocycles. The Morgan fingerprint density at radius 1 is 1.16 bits per heavy atom. The number of para-hydroxylation sites is 1. The number of amides is 3. The lowest BCUT2D eigenvalue weighted by Crippen LogP contribution is -2.47. The van der Waals surface area contributed by atoms with Crippen molar-refractivity contribution in [3.05, 3.63) is 49.1 Å². The third-order valence-corrected chi connectivity index (χ3v) is 4.33. The minimum absolute atomic E-state index is 0.0425. The van der Waals surface area contributed by atoms with Gasteiger partial charge in [0.25, 0.3) is 0 Å². The molecule has 1 saturated heterocycles. The van der Waals surface area contributed by atoms with E-state index in [4.69, 9.17) is 0 Å². The first kappa shape index (κ1) is 17.0. The van der Waals surface area contributed by atoms with E-state index < -0.39 is 0 Å². The van der Waals surface area contributed by atoms with Crippen LogP contribution in [0.1, 0.15) is 19.3 Å². The molecule has 2 N–H and O–H groups in total. The Hall–Kier alpha value is -2.83. The van der Waals surface area contributed by atoms with Gasteiger partial charge in [-0.3, -0.25) is 4.79 Å². The van der Waals surface area contributed by atoms with Gasteiger partial charge in [-0.1, -0.05) is 18.2 Å². The number of benzene rings is 1. The molecule has 3 rings (SSSR count). The summed E-state index contributed by atoms with van der Waals surface area (Å²) in [6.07, 6.45) is 7.24. The monoisotopic (exact) mass is 341 g/mol. The Morgan fingerprint density at radius 3 is 2.60 bits per heavy atom. The number of carbonyl (C=O) groups is 2. The number of nitrogens with zero attached hydrogens (tertiary/aromatic N) is 3. The van der Waals surface area contributed by atoms with Crippen molar-refractivity contribution < 1.29 is 9.59 Å². The van der Waals surface area contributed by atoms with Gasteiger partial charge in [0.15, 0.2) is 0 Å². The van der Waals surface area contributed by atoms with Gasteiger partial charge in [0.2, 0.25) is 5.91 Å². The maximum absolute atomic E-state index is 12.2. The SMILES string of the molecule is O=C(CCn1ccnc1)NC1CCN(C(=O)Nc2ccccc2)CC1. The molecule has 132 valence electrons. The molecular formula is C18H23N5O2. The zero-order valence-corrected chi connectivity index (χ0v) is 14.1. The number of aryl methyl sites for hydroxylation is 1. The highest BCUT2D eigenvalue weighted by Crippen LogP contribution is 2.13. The van der Waals surface area contributed by atoms with Crippen molar-refractivity contribution in [2.24, 2.45) is 0 Å². The van der Waals surface area contributed by atoms with Crippen molar-refractivity contribution in [3.8, 4) is 0 Å². The molecule has 1 aliphatic rings. The average Bonchev–Trinajstić information content (AvgIpc) is 3.15. The van der Waals surface area contributed by atoms with E-state index in [2.05, 4.69) is 15.6 Å². The third-order valence-electron chi connectivity index (χ3n) is 4.33. The van der Waals surface area contributed by atoms with E-state index in [-0.39, 0.29) is 18.0 Å². The normalized spacial score (nSPS) is 15.0. The Morgan fingerprint density at radius 2 is 1.92 bits per heavy atom. The molecule has 0 bridgehead atoms. The molecule has 1 aliphatic heterocycles. The van der Waals surface area contributed by atoms with E-state index in [0.29, 0.717) is 26.1 Å². The molecule has 2 aromatic rings. The number of hydrogen-bond acceptors (Lipinski definition) is 3. The van der Waals surface area contributed by atoms with Crippen molar-refractivity contribution >= 4 is 17.6 Å². The van der Waals surface area contributed by atoms with Crippen LogP contribution in [-0.4, -0.2) is 45.5 Å². The predicted octanol–water partition coefficient (Wildman–Crippen LogP) is 2.09. The average molecular weight is 341 g/mol. The van der Waals surface area contributed by atoms with Crippen LogP contribution in [0.5, 0.6) is 0 Å². The maximum Gasteiger partial charge on any atom is 0.321 e. The molecule has 0 unspecified atom stereocenters. The summed E-state index contributed by atoms with van der Waals surface area (Å²) in [5, 5.41) is 5.95. The summed E-state index contributed by atoms with van der Waals surface area (Å²) in [5.41, 5.74) is 0.794. The number of imidazole rings is 1. The zero-order chi connectivity index (χ0) is 17.5. The molecule has 7 heteroatoms. The molecule has 0 spiro atoms. The highest BCUT2D eigenvalue weighted by atomic mass is 16.2. The largest absolute Gasteiger partial charge is 0.353 e. The first-order valence-corrected chi connectivity index (χ1v) is 8.57. The highest BCUT2D eigenvalue weighted by Gasteiger charge is 2.23. The van der Waals surface area contributed by atoms with Gasteiger partial charge in [-0.05, 0) is 25.0 Å². The van der Waals surface area contributed by atoms with E-state index in [1.807, 2.05) is 41.1 Å². The Kier molecular flexibility index (Phi) is 5.66. The molecule has 0 aliphatic carbocycles. The summed E-state index contributed by atoms with van der Waals surface area (Å²) in [4.78, 5) is 30.0. The summed E-state index contributed by atoms with van der Waals surface area (Å²) >= 11 is 0. The van der Waals surface area contributed by atoms with Crippen LogP contribution in [0.4, 0.5) is 10.5 Å². The first-order chi connectivity index (χ1) is 12.2. The fourth-order valence-electron chi connectivity index (χ4n) is 2.90. The highest BCUT2D eigenvalue weighted by molar-refractivity contribution is 5.89. The number of aromatic nitrogens is 2. The van der Waals surface area contributed by atoms with Gasteiger partial charge < -0.3 is 20.1 Å². The molecule has 7 nitrogen and oxygen atoms in total. The van der Waals surface area contributed by atoms with Crippen molar-refractivity contribution in [1.82, 2.24) is 19.8 Å². The van der Waals surface area contributed by atoms with Crippen LogP contribution in [0, 0.1) is 0 Å². The number of likely N-dealkylation sites (tertiary alicyclic amines) is 1. The Balaban J connectivity index is 1.38. The number of piperidine rings is 1. The predicted molar refractivity (Wildman–Crippen MR) is 95.0 cm³/mol. The minimum atomic E-state index is -0.0870. The van der Waals surface area contributed by atoms with Gasteiger partial charge in [0.05, 0.1) is 6.33 Å². The number of rotatable bonds is 5. The molecule has 25 heavy (non-hydrogen) atoms. The van der Waals surface area contributed by atoms with Crippen molar-refractivity contribution in [3.63, 3.8) is 0 Å². The van der Waals surface area contributed by atoms with Crippen LogP contribution in [0.15, 0.2) is 49.1 Å². The van der Waals surface area contributed by atoms with Crippen molar-refractivity contribution in [2.75, 3.05) is 18.4 Å². The zero-order valence-electron chi connectivity index (χ0n) is 14.1. The van der Waals surface area contributed by atoms with E-state index in [1.165, 1.54) is 0 Å². The van der Waals surface area contributed by atoms with Crippen LogP contribution in [0.25, 0.3) is 0 Å². The lowest BCUT2D eigenvalue weighted by Gasteiger charge is -2.32. The minimum Gasteiger partial charge on any atom is -0.353 e. The Labute approximate surface area is 147 Å². The molecule has 1 aromatic heterocycles. The topological polar surface area (TPSA) is 79.3 Å². The molecule has 1 fully saturated rings. The van der Waals surface area contributed by atoms with Crippen LogP contribution < -0.4 is 10.6 Å². The number of urea groups is 1. The number of hydrogen-bond donors (Lipinski definition) is 2. The summed E-state index contributed by atoms with van der Waals surface area (Å²) in [6, 6.07) is 9.47. The van der Waals surface area contributed by atoms with Crippen molar-refractivity contribution in [1.29, 1.82) is 0 Å². The number of nitrogens with one attached hydrogen (secondary N) is 2. The fourth-order valence-corrected chi connectivity index (χ4v) is 2.90. The molecule has 0 saturated carbocycles. The second-order valence-electron chi connectivity index (χ2n) is 6.18. The summed E-state index contributed by atoms with van der Waals surface area (Å²) in [7, 11) is 0. The summed E-state index contributed by atoms with van der Waals surface area (Å²) < 4.78 is 1.89. The molecular weight excluding hydrogens is 318 g/mol. The van der Waals surface area contributed by atoms with Gasteiger partial charge >= 0.3 is 6.03 Å². The Bertz CT molecular complexity index is 679. The fraction of sp³-hybridized carbons (Fsp3) is 0.389. The van der Waals surface area contributed by atoms with Gasteiger partial charge in [0, 0.05) is 50.2 Å². The number of carbonyl (C=O) groups excluding carboxylic acids is 2. The second-order valence-corrected chi connectivity index (χ2v) is 6.18. The first-order valence-electron chi connectivity index (χ1n) is 8.57. The second kappa shape index (κ2) is 8.32. The van der Waals surface area contributed by atoms with Gasteiger partial charge in [0.1, 0.15) is 0 Å². The molecule has 1 aromatic carbocycles. The maximum atomic E-state index is 12.2. The van der Waals surface area contributed by atoms with Crippen molar-refractivity contribution in [2.45, 2.75) is 31.8 Å². The number of anilines is 1. The quantitative estimate of drug-likeness (QED) is 0.874. The standard InChI is InChI=1S/C18H23N5O2/c24-17(8-10-22-13-9-19-14-22)20-16-6-11-23(12-7-16)18(25)21-15-4-2-1-3-5-15/h1-5,9,13-14,16H,6-8,10-12H2,(H,20,24)(H,21,25). The summed E-state index contributed by atoms with van der Waals surface area (Å²) in [6.45, 7) is 1.92. The van der Waals surface area contributed by atoms with Gasteiger partial charge in [-0.25, -0.2) is 9.78 Å². The molecule has 3 amide bonds. The van der Waals surface area contributed by atoms with Crippen LogP contribution in [-0.2, 0) is 11.3 Å². The van der Waals surface area contributed by atoms with Gasteiger partial charge in [-0.2, -0.15) is 0 Å². The van der Waals surface area contributed by atoms with Gasteiger partial charge in [-0.15, -0.1) is 0 Å². The van der Waals surface area contributed by atoms with E-state index >= 15 is 0 Å². The van der Waals surface area contributed by atoms with E-state index in [1.54, 1.807) is 17.4 Å². The van der Waals surface area contributed by atoms with E-state index in [9.17, 15) is 9.59 Å².